The van der Waals surface area contributed by atoms with Gasteiger partial charge in [0.05, 0.1) is 13.3 Å². The van der Waals surface area contributed by atoms with Gasteiger partial charge in [-0.25, -0.2) is 0 Å². The Balaban J connectivity index is 1.81. The molecule has 2 saturated heterocycles. The summed E-state index contributed by atoms with van der Waals surface area (Å²) in [7, 11) is 1.58. The number of rotatable bonds is 5. The summed E-state index contributed by atoms with van der Waals surface area (Å²) in [6.07, 6.45) is 2.46. The summed E-state index contributed by atoms with van der Waals surface area (Å²) in [5.74, 6) is -0.123. The molecule has 0 saturated carbocycles. The first-order valence-corrected chi connectivity index (χ1v) is 6.94. The van der Waals surface area contributed by atoms with Crippen molar-refractivity contribution in [3.63, 3.8) is 0 Å². The molecule has 7 heteroatoms. The first-order chi connectivity index (χ1) is 9.60. The van der Waals surface area contributed by atoms with Crippen molar-refractivity contribution >= 4 is 17.7 Å². The van der Waals surface area contributed by atoms with Crippen LogP contribution in [0.15, 0.2) is 0 Å². The molecule has 3 amide bonds. The summed E-state index contributed by atoms with van der Waals surface area (Å²) in [6, 6.07) is -0.0909. The van der Waals surface area contributed by atoms with Gasteiger partial charge in [0, 0.05) is 32.5 Å². The number of carbonyl (C=O) groups excluding carboxylic acids is 3. The number of amides is 3. The van der Waals surface area contributed by atoms with Crippen LogP contribution in [0.3, 0.4) is 0 Å². The third-order valence-electron chi connectivity index (χ3n) is 3.68. The Morgan fingerprint density at radius 1 is 1.45 bits per heavy atom. The molecular weight excluding hydrogens is 262 g/mol. The quantitative estimate of drug-likeness (QED) is 0.725. The molecule has 0 aromatic heterocycles. The predicted octanol–water partition coefficient (Wildman–Crippen LogP) is -0.680. The fraction of sp³-hybridized carbons (Fsp3) is 0.769. The lowest BCUT2D eigenvalue weighted by Crippen LogP contribution is -2.43. The number of nitrogens with zero attached hydrogens (tertiary/aromatic N) is 2. The smallest absolute Gasteiger partial charge is 0.243 e. The second-order valence-corrected chi connectivity index (χ2v) is 5.24. The highest BCUT2D eigenvalue weighted by atomic mass is 16.5. The zero-order valence-electron chi connectivity index (χ0n) is 11.8. The second-order valence-electron chi connectivity index (χ2n) is 5.24. The SMILES string of the molecule is COCCN1CN(C(=O)CC2CCCC(=O)N2)CC1=O. The zero-order chi connectivity index (χ0) is 14.5. The van der Waals surface area contributed by atoms with E-state index in [9.17, 15) is 14.4 Å². The number of hydrogen-bond acceptors (Lipinski definition) is 4. The van der Waals surface area contributed by atoms with E-state index in [1.807, 2.05) is 0 Å². The number of methoxy groups -OCH3 is 1. The molecule has 20 heavy (non-hydrogen) atoms. The lowest BCUT2D eigenvalue weighted by molar-refractivity contribution is -0.133. The lowest BCUT2D eigenvalue weighted by Gasteiger charge is -2.25. The molecular formula is C13H21N3O4. The molecule has 1 unspecified atom stereocenters. The van der Waals surface area contributed by atoms with Crippen LogP contribution < -0.4 is 5.32 Å². The molecule has 2 rings (SSSR count). The van der Waals surface area contributed by atoms with E-state index >= 15 is 0 Å². The number of nitrogens with one attached hydrogen (secondary N) is 1. The first-order valence-electron chi connectivity index (χ1n) is 6.94. The van der Waals surface area contributed by atoms with Crippen LogP contribution in [-0.4, -0.2) is 67.0 Å². The Kier molecular flexibility index (Phi) is 4.94. The van der Waals surface area contributed by atoms with E-state index in [-0.39, 0.29) is 36.7 Å². The van der Waals surface area contributed by atoms with E-state index in [2.05, 4.69) is 5.32 Å². The highest BCUT2D eigenvalue weighted by molar-refractivity contribution is 5.88. The third-order valence-corrected chi connectivity index (χ3v) is 3.68. The Labute approximate surface area is 118 Å². The maximum atomic E-state index is 12.1. The van der Waals surface area contributed by atoms with Gasteiger partial charge < -0.3 is 19.9 Å². The highest BCUT2D eigenvalue weighted by Gasteiger charge is 2.32. The molecule has 0 aliphatic carbocycles. The van der Waals surface area contributed by atoms with Crippen LogP contribution >= 0.6 is 0 Å². The third kappa shape index (κ3) is 3.69. The Morgan fingerprint density at radius 3 is 2.95 bits per heavy atom. The van der Waals surface area contributed by atoms with Gasteiger partial charge in [0.25, 0.3) is 0 Å². The predicted molar refractivity (Wildman–Crippen MR) is 70.6 cm³/mol. The number of piperidine rings is 1. The maximum Gasteiger partial charge on any atom is 0.243 e. The van der Waals surface area contributed by atoms with Crippen molar-refractivity contribution in [1.82, 2.24) is 15.1 Å². The van der Waals surface area contributed by atoms with E-state index in [1.165, 1.54) is 0 Å². The second kappa shape index (κ2) is 6.69. The van der Waals surface area contributed by atoms with Crippen molar-refractivity contribution in [3.8, 4) is 0 Å². The van der Waals surface area contributed by atoms with E-state index in [1.54, 1.807) is 16.9 Å². The van der Waals surface area contributed by atoms with Gasteiger partial charge in [-0.2, -0.15) is 0 Å². The summed E-state index contributed by atoms with van der Waals surface area (Å²) in [6.45, 7) is 1.41. The Hall–Kier alpha value is -1.63. The van der Waals surface area contributed by atoms with Gasteiger partial charge in [-0.3, -0.25) is 14.4 Å². The Bertz CT molecular complexity index is 399. The van der Waals surface area contributed by atoms with Gasteiger partial charge in [0.2, 0.25) is 17.7 Å². The summed E-state index contributed by atoms with van der Waals surface area (Å²) in [5.41, 5.74) is 0. The molecule has 0 aromatic carbocycles. The van der Waals surface area contributed by atoms with Gasteiger partial charge in [-0.15, -0.1) is 0 Å². The van der Waals surface area contributed by atoms with Crippen LogP contribution in [0.1, 0.15) is 25.7 Å². The van der Waals surface area contributed by atoms with Crippen molar-refractivity contribution in [2.24, 2.45) is 0 Å². The molecule has 0 bridgehead atoms. The average Bonchev–Trinajstić information content (AvgIpc) is 2.78. The zero-order valence-corrected chi connectivity index (χ0v) is 11.8. The van der Waals surface area contributed by atoms with E-state index in [4.69, 9.17) is 4.74 Å². The molecule has 2 fully saturated rings. The van der Waals surface area contributed by atoms with Crippen molar-refractivity contribution < 1.29 is 19.1 Å². The van der Waals surface area contributed by atoms with Crippen LogP contribution in [0.25, 0.3) is 0 Å². The van der Waals surface area contributed by atoms with Gasteiger partial charge in [-0.1, -0.05) is 0 Å². The van der Waals surface area contributed by atoms with E-state index in [0.717, 1.165) is 12.8 Å². The number of ether oxygens (including phenoxy) is 1. The monoisotopic (exact) mass is 283 g/mol. The normalized spacial score (nSPS) is 23.1. The number of hydrogen-bond donors (Lipinski definition) is 1. The van der Waals surface area contributed by atoms with Gasteiger partial charge >= 0.3 is 0 Å². The van der Waals surface area contributed by atoms with Gasteiger partial charge in [0.15, 0.2) is 0 Å². The van der Waals surface area contributed by atoms with E-state index < -0.39 is 0 Å². The van der Waals surface area contributed by atoms with Crippen LogP contribution in [0.5, 0.6) is 0 Å². The molecule has 0 aromatic rings. The van der Waals surface area contributed by atoms with Crippen LogP contribution in [-0.2, 0) is 19.1 Å². The largest absolute Gasteiger partial charge is 0.383 e. The standard InChI is InChI=1S/C13H21N3O4/c1-20-6-5-15-9-16(8-13(15)19)12(18)7-10-3-2-4-11(17)14-10/h10H,2-9H2,1H3,(H,14,17). The van der Waals surface area contributed by atoms with Crippen molar-refractivity contribution in [2.75, 3.05) is 33.5 Å². The average molecular weight is 283 g/mol. The molecule has 0 spiro atoms. The van der Waals surface area contributed by atoms with Gasteiger partial charge in [0.1, 0.15) is 6.54 Å². The topological polar surface area (TPSA) is 79.0 Å². The summed E-state index contributed by atoms with van der Waals surface area (Å²) in [4.78, 5) is 38.3. The molecule has 2 aliphatic rings. The van der Waals surface area contributed by atoms with Crippen molar-refractivity contribution in [1.29, 1.82) is 0 Å². The molecule has 2 heterocycles. The molecule has 1 N–H and O–H groups in total. The molecule has 2 aliphatic heterocycles. The lowest BCUT2D eigenvalue weighted by atomic mass is 10.0. The summed E-state index contributed by atoms with van der Waals surface area (Å²) < 4.78 is 4.94. The summed E-state index contributed by atoms with van der Waals surface area (Å²) >= 11 is 0. The van der Waals surface area contributed by atoms with Crippen LogP contribution in [0.2, 0.25) is 0 Å². The van der Waals surface area contributed by atoms with E-state index in [0.29, 0.717) is 26.2 Å². The molecule has 7 nitrogen and oxygen atoms in total. The first kappa shape index (κ1) is 14.8. The maximum absolute atomic E-state index is 12.1. The molecule has 0 radical (unpaired) electrons. The highest BCUT2D eigenvalue weighted by Crippen LogP contribution is 2.14. The van der Waals surface area contributed by atoms with Crippen molar-refractivity contribution in [3.05, 3.63) is 0 Å². The van der Waals surface area contributed by atoms with Crippen LogP contribution in [0, 0.1) is 0 Å². The molecule has 112 valence electrons. The summed E-state index contributed by atoms with van der Waals surface area (Å²) in [5, 5.41) is 2.82. The van der Waals surface area contributed by atoms with Crippen LogP contribution in [0.4, 0.5) is 0 Å². The number of carbonyl (C=O) groups is 3. The van der Waals surface area contributed by atoms with Crippen molar-refractivity contribution in [2.45, 2.75) is 31.7 Å². The minimum atomic E-state index is -0.0909. The minimum absolute atomic E-state index is 0.00766. The Morgan fingerprint density at radius 2 is 2.25 bits per heavy atom. The fourth-order valence-electron chi connectivity index (χ4n) is 2.54. The fourth-order valence-corrected chi connectivity index (χ4v) is 2.54. The molecule has 1 atom stereocenters. The van der Waals surface area contributed by atoms with Gasteiger partial charge in [-0.05, 0) is 12.8 Å². The minimum Gasteiger partial charge on any atom is -0.383 e.